The van der Waals surface area contributed by atoms with Crippen LogP contribution in [0.3, 0.4) is 0 Å². The third kappa shape index (κ3) is 6.01. The molecule has 0 aromatic rings. The molecule has 6 heteroatoms. The number of amides is 2. The van der Waals surface area contributed by atoms with E-state index in [4.69, 9.17) is 0 Å². The van der Waals surface area contributed by atoms with Crippen LogP contribution in [-0.2, 0) is 9.53 Å². The minimum absolute atomic E-state index is 0.0418. The van der Waals surface area contributed by atoms with Gasteiger partial charge in [-0.3, -0.25) is 4.79 Å². The highest BCUT2D eigenvalue weighted by Crippen LogP contribution is 2.20. The molecule has 2 amide bonds. The summed E-state index contributed by atoms with van der Waals surface area (Å²) in [4.78, 5) is 27.7. The molecule has 0 spiro atoms. The standard InChI is InChI=1S/C17H31N3O3/c1-23-16(21)7-3-4-10-18-17(22)20-13-8-15(9-14-20)19-11-5-2-6-12-19/h15H,2-14H2,1H3,(H,18,22). The van der Waals surface area contributed by atoms with Crippen molar-refractivity contribution in [3.8, 4) is 0 Å². The predicted octanol–water partition coefficient (Wildman–Crippen LogP) is 1.99. The molecule has 2 fully saturated rings. The highest BCUT2D eigenvalue weighted by molar-refractivity contribution is 5.74. The summed E-state index contributed by atoms with van der Waals surface area (Å²) in [6, 6.07) is 0.708. The number of urea groups is 1. The van der Waals surface area contributed by atoms with Crippen molar-refractivity contribution in [3.63, 3.8) is 0 Å². The van der Waals surface area contributed by atoms with Gasteiger partial charge in [0.1, 0.15) is 0 Å². The molecule has 0 unspecified atom stereocenters. The summed E-state index contributed by atoms with van der Waals surface area (Å²) in [5, 5.41) is 2.96. The molecule has 2 aliphatic rings. The molecule has 0 radical (unpaired) electrons. The molecule has 2 rings (SSSR count). The molecule has 132 valence electrons. The number of likely N-dealkylation sites (tertiary alicyclic amines) is 2. The van der Waals surface area contributed by atoms with Crippen LogP contribution in [0, 0.1) is 0 Å². The van der Waals surface area contributed by atoms with E-state index < -0.39 is 0 Å². The van der Waals surface area contributed by atoms with E-state index in [1.54, 1.807) is 0 Å². The molecular weight excluding hydrogens is 294 g/mol. The van der Waals surface area contributed by atoms with Gasteiger partial charge < -0.3 is 19.9 Å². The second kappa shape index (κ2) is 9.75. The Labute approximate surface area is 139 Å². The van der Waals surface area contributed by atoms with Crippen LogP contribution < -0.4 is 5.32 Å². The maximum absolute atomic E-state index is 12.1. The monoisotopic (exact) mass is 325 g/mol. The van der Waals surface area contributed by atoms with Crippen molar-refractivity contribution < 1.29 is 14.3 Å². The predicted molar refractivity (Wildman–Crippen MR) is 89.3 cm³/mol. The molecule has 0 aromatic carbocycles. The van der Waals surface area contributed by atoms with Gasteiger partial charge in [-0.25, -0.2) is 4.79 Å². The Morgan fingerprint density at radius 1 is 1.04 bits per heavy atom. The summed E-state index contributed by atoms with van der Waals surface area (Å²) in [7, 11) is 1.40. The lowest BCUT2D eigenvalue weighted by Crippen LogP contribution is -2.50. The van der Waals surface area contributed by atoms with Crippen LogP contribution >= 0.6 is 0 Å². The van der Waals surface area contributed by atoms with Gasteiger partial charge in [0.15, 0.2) is 0 Å². The van der Waals surface area contributed by atoms with Crippen molar-refractivity contribution in [3.05, 3.63) is 0 Å². The smallest absolute Gasteiger partial charge is 0.317 e. The SMILES string of the molecule is COC(=O)CCCCNC(=O)N1CCC(N2CCCCC2)CC1. The molecule has 23 heavy (non-hydrogen) atoms. The number of hydrogen-bond acceptors (Lipinski definition) is 4. The molecule has 0 aliphatic carbocycles. The van der Waals surface area contributed by atoms with Gasteiger partial charge in [-0.15, -0.1) is 0 Å². The first-order valence-electron chi connectivity index (χ1n) is 9.04. The van der Waals surface area contributed by atoms with Gasteiger partial charge in [0.05, 0.1) is 7.11 Å². The van der Waals surface area contributed by atoms with Crippen molar-refractivity contribution >= 4 is 12.0 Å². The van der Waals surface area contributed by atoms with Crippen molar-refractivity contribution in [1.29, 1.82) is 0 Å². The molecule has 2 heterocycles. The van der Waals surface area contributed by atoms with Crippen molar-refractivity contribution in [2.45, 2.75) is 57.4 Å². The summed E-state index contributed by atoms with van der Waals surface area (Å²) in [6.45, 7) is 4.81. The maximum atomic E-state index is 12.1. The second-order valence-corrected chi connectivity index (χ2v) is 6.58. The van der Waals surface area contributed by atoms with Crippen LogP contribution in [-0.4, -0.2) is 67.7 Å². The summed E-state index contributed by atoms with van der Waals surface area (Å²) in [6.07, 6.45) is 8.19. The molecule has 2 saturated heterocycles. The van der Waals surface area contributed by atoms with E-state index in [0.29, 0.717) is 19.0 Å². The Kier molecular flexibility index (Phi) is 7.65. The van der Waals surface area contributed by atoms with E-state index >= 15 is 0 Å². The van der Waals surface area contributed by atoms with E-state index in [1.807, 2.05) is 4.90 Å². The molecule has 2 aliphatic heterocycles. The quantitative estimate of drug-likeness (QED) is 0.599. The van der Waals surface area contributed by atoms with E-state index in [9.17, 15) is 9.59 Å². The van der Waals surface area contributed by atoms with Crippen LogP contribution in [0.1, 0.15) is 51.4 Å². The fraction of sp³-hybridized carbons (Fsp3) is 0.882. The minimum atomic E-state index is -0.184. The molecular formula is C17H31N3O3. The van der Waals surface area contributed by atoms with E-state index in [2.05, 4.69) is 15.0 Å². The molecule has 0 saturated carbocycles. The third-order valence-corrected chi connectivity index (χ3v) is 4.97. The Hall–Kier alpha value is -1.30. The zero-order valence-electron chi connectivity index (χ0n) is 14.4. The first kappa shape index (κ1) is 18.0. The highest BCUT2D eigenvalue weighted by Gasteiger charge is 2.27. The van der Waals surface area contributed by atoms with Crippen LogP contribution in [0.25, 0.3) is 0 Å². The number of nitrogens with one attached hydrogen (secondary N) is 1. The number of carbonyl (C=O) groups is 2. The number of hydrogen-bond donors (Lipinski definition) is 1. The number of carbonyl (C=O) groups excluding carboxylic acids is 2. The van der Waals surface area contributed by atoms with Crippen LogP contribution in [0.4, 0.5) is 4.79 Å². The summed E-state index contributed by atoms with van der Waals surface area (Å²) in [5.74, 6) is -0.184. The number of unbranched alkanes of at least 4 members (excludes halogenated alkanes) is 1. The van der Waals surface area contributed by atoms with Gasteiger partial charge in [0.2, 0.25) is 0 Å². The largest absolute Gasteiger partial charge is 0.469 e. The second-order valence-electron chi connectivity index (χ2n) is 6.58. The number of esters is 1. The fourth-order valence-corrected chi connectivity index (χ4v) is 3.52. The lowest BCUT2D eigenvalue weighted by atomic mass is 10.0. The van der Waals surface area contributed by atoms with Crippen molar-refractivity contribution in [2.24, 2.45) is 0 Å². The highest BCUT2D eigenvalue weighted by atomic mass is 16.5. The zero-order valence-corrected chi connectivity index (χ0v) is 14.4. The van der Waals surface area contributed by atoms with E-state index in [-0.39, 0.29) is 12.0 Å². The lowest BCUT2D eigenvalue weighted by molar-refractivity contribution is -0.140. The molecule has 0 aromatic heterocycles. The molecule has 6 nitrogen and oxygen atoms in total. The summed E-state index contributed by atoms with van der Waals surface area (Å²) in [5.41, 5.74) is 0. The molecule has 1 N–H and O–H groups in total. The van der Waals surface area contributed by atoms with Crippen LogP contribution in [0.5, 0.6) is 0 Å². The Morgan fingerprint density at radius 2 is 1.74 bits per heavy atom. The first-order valence-corrected chi connectivity index (χ1v) is 9.04. The van der Waals surface area contributed by atoms with Gasteiger partial charge in [-0.05, 0) is 51.6 Å². The van der Waals surface area contributed by atoms with Crippen LogP contribution in [0.15, 0.2) is 0 Å². The number of piperidine rings is 2. The average Bonchev–Trinajstić information content (AvgIpc) is 2.62. The van der Waals surface area contributed by atoms with Gasteiger partial charge in [0.25, 0.3) is 0 Å². The topological polar surface area (TPSA) is 61.9 Å². The lowest BCUT2D eigenvalue weighted by Gasteiger charge is -2.40. The Balaban J connectivity index is 1.57. The van der Waals surface area contributed by atoms with Crippen molar-refractivity contribution in [1.82, 2.24) is 15.1 Å². The number of rotatable bonds is 6. The van der Waals surface area contributed by atoms with Crippen LogP contribution in [0.2, 0.25) is 0 Å². The zero-order chi connectivity index (χ0) is 16.5. The fourth-order valence-electron chi connectivity index (χ4n) is 3.52. The Morgan fingerprint density at radius 3 is 2.39 bits per heavy atom. The molecule has 0 bridgehead atoms. The van der Waals surface area contributed by atoms with Gasteiger partial charge in [-0.1, -0.05) is 6.42 Å². The first-order chi connectivity index (χ1) is 11.2. The van der Waals surface area contributed by atoms with Gasteiger partial charge >= 0.3 is 12.0 Å². The van der Waals surface area contributed by atoms with Gasteiger partial charge in [-0.2, -0.15) is 0 Å². The minimum Gasteiger partial charge on any atom is -0.469 e. The third-order valence-electron chi connectivity index (χ3n) is 4.97. The van der Waals surface area contributed by atoms with Gasteiger partial charge in [0, 0.05) is 32.1 Å². The summed E-state index contributed by atoms with van der Waals surface area (Å²) >= 11 is 0. The number of nitrogens with zero attached hydrogens (tertiary/aromatic N) is 2. The van der Waals surface area contributed by atoms with E-state index in [0.717, 1.165) is 38.8 Å². The van der Waals surface area contributed by atoms with E-state index in [1.165, 1.54) is 39.5 Å². The normalized spacial score (nSPS) is 20.3. The Bertz CT molecular complexity index is 375. The number of ether oxygens (including phenoxy) is 1. The summed E-state index contributed by atoms with van der Waals surface area (Å²) < 4.78 is 4.59. The maximum Gasteiger partial charge on any atom is 0.317 e. The molecule has 0 atom stereocenters. The van der Waals surface area contributed by atoms with Crippen molar-refractivity contribution in [2.75, 3.05) is 39.8 Å². The average molecular weight is 325 g/mol. The number of methoxy groups -OCH3 is 1.